The third kappa shape index (κ3) is 1.37. The van der Waals surface area contributed by atoms with Crippen LogP contribution in [0.5, 0.6) is 0 Å². The SMILES string of the molecule is CCN1CCNC(C)(C)C1(C)N. The average Bonchev–Trinajstić information content (AvgIpc) is 1.95. The van der Waals surface area contributed by atoms with Crippen LogP contribution in [0.2, 0.25) is 0 Å². The van der Waals surface area contributed by atoms with Gasteiger partial charge in [0.15, 0.2) is 0 Å². The third-order valence-corrected chi connectivity index (χ3v) is 3.25. The highest BCUT2D eigenvalue weighted by atomic mass is 15.3. The van der Waals surface area contributed by atoms with Crippen molar-refractivity contribution < 1.29 is 0 Å². The van der Waals surface area contributed by atoms with E-state index < -0.39 is 0 Å². The molecule has 0 spiro atoms. The molecule has 0 amide bonds. The fraction of sp³-hybridized carbons (Fsp3) is 1.00. The van der Waals surface area contributed by atoms with E-state index in [-0.39, 0.29) is 11.2 Å². The lowest BCUT2D eigenvalue weighted by Gasteiger charge is -2.53. The molecule has 1 fully saturated rings. The van der Waals surface area contributed by atoms with E-state index in [1.165, 1.54) is 0 Å². The molecule has 1 aliphatic heterocycles. The van der Waals surface area contributed by atoms with Gasteiger partial charge in [-0.1, -0.05) is 6.92 Å². The molecule has 3 heteroatoms. The van der Waals surface area contributed by atoms with Crippen LogP contribution in [-0.4, -0.2) is 35.7 Å². The highest BCUT2D eigenvalue weighted by Crippen LogP contribution is 2.25. The molecule has 0 bridgehead atoms. The fourth-order valence-electron chi connectivity index (χ4n) is 1.80. The predicted octanol–water partition coefficient (Wildman–Crippen LogP) is 0.365. The first-order valence-electron chi connectivity index (χ1n) is 4.71. The van der Waals surface area contributed by atoms with Crippen molar-refractivity contribution in [3.63, 3.8) is 0 Å². The van der Waals surface area contributed by atoms with Crippen LogP contribution in [0.15, 0.2) is 0 Å². The number of nitrogens with one attached hydrogen (secondary N) is 1. The number of nitrogens with zero attached hydrogens (tertiary/aromatic N) is 1. The van der Waals surface area contributed by atoms with Crippen LogP contribution in [0.25, 0.3) is 0 Å². The van der Waals surface area contributed by atoms with E-state index in [0.29, 0.717) is 0 Å². The second kappa shape index (κ2) is 2.98. The predicted molar refractivity (Wildman–Crippen MR) is 51.9 cm³/mol. The van der Waals surface area contributed by atoms with E-state index >= 15 is 0 Å². The zero-order valence-electron chi connectivity index (χ0n) is 8.65. The first kappa shape index (κ1) is 9.96. The lowest BCUT2D eigenvalue weighted by atomic mass is 9.86. The van der Waals surface area contributed by atoms with Crippen LogP contribution >= 0.6 is 0 Å². The maximum absolute atomic E-state index is 6.27. The van der Waals surface area contributed by atoms with Gasteiger partial charge >= 0.3 is 0 Å². The van der Waals surface area contributed by atoms with Gasteiger partial charge in [-0.2, -0.15) is 0 Å². The number of hydrogen-bond acceptors (Lipinski definition) is 3. The Morgan fingerprint density at radius 2 is 2.00 bits per heavy atom. The number of rotatable bonds is 1. The molecule has 3 N–H and O–H groups in total. The van der Waals surface area contributed by atoms with Gasteiger partial charge in [0.25, 0.3) is 0 Å². The molecular formula is C9H21N3. The lowest BCUT2D eigenvalue weighted by molar-refractivity contribution is 0.000793. The van der Waals surface area contributed by atoms with E-state index in [2.05, 4.69) is 37.9 Å². The standard InChI is InChI=1S/C9H21N3/c1-5-12-7-6-11-8(2,3)9(12,4)10/h11H,5-7,10H2,1-4H3. The van der Waals surface area contributed by atoms with Crippen molar-refractivity contribution in [3.05, 3.63) is 0 Å². The summed E-state index contributed by atoms with van der Waals surface area (Å²) >= 11 is 0. The quantitative estimate of drug-likeness (QED) is 0.599. The van der Waals surface area contributed by atoms with Crippen molar-refractivity contribution in [2.24, 2.45) is 5.73 Å². The molecule has 0 aromatic rings. The highest BCUT2D eigenvalue weighted by molar-refractivity contribution is 5.03. The Morgan fingerprint density at radius 1 is 1.42 bits per heavy atom. The average molecular weight is 171 g/mol. The second-order valence-electron chi connectivity index (χ2n) is 4.28. The summed E-state index contributed by atoms with van der Waals surface area (Å²) in [7, 11) is 0. The highest BCUT2D eigenvalue weighted by Gasteiger charge is 2.44. The van der Waals surface area contributed by atoms with Crippen molar-refractivity contribution in [1.82, 2.24) is 10.2 Å². The van der Waals surface area contributed by atoms with E-state index in [4.69, 9.17) is 5.73 Å². The number of nitrogens with two attached hydrogens (primary N) is 1. The van der Waals surface area contributed by atoms with Crippen molar-refractivity contribution in [1.29, 1.82) is 0 Å². The first-order chi connectivity index (χ1) is 5.42. The number of piperazine rings is 1. The molecule has 1 heterocycles. The van der Waals surface area contributed by atoms with Gasteiger partial charge in [0.2, 0.25) is 0 Å². The molecule has 1 aliphatic rings. The zero-order chi connectivity index (χ0) is 9.41. The van der Waals surface area contributed by atoms with E-state index in [0.717, 1.165) is 19.6 Å². The molecule has 3 nitrogen and oxygen atoms in total. The summed E-state index contributed by atoms with van der Waals surface area (Å²) in [6.45, 7) is 11.7. The maximum Gasteiger partial charge on any atom is 0.0840 e. The van der Waals surface area contributed by atoms with Crippen LogP contribution in [-0.2, 0) is 0 Å². The second-order valence-corrected chi connectivity index (χ2v) is 4.28. The topological polar surface area (TPSA) is 41.3 Å². The Kier molecular flexibility index (Phi) is 2.47. The molecule has 1 saturated heterocycles. The summed E-state index contributed by atoms with van der Waals surface area (Å²) in [4.78, 5) is 2.32. The zero-order valence-corrected chi connectivity index (χ0v) is 8.65. The van der Waals surface area contributed by atoms with Crippen molar-refractivity contribution in [2.75, 3.05) is 19.6 Å². The summed E-state index contributed by atoms with van der Waals surface area (Å²) in [5.41, 5.74) is 6.04. The Balaban J connectivity index is 2.82. The molecular weight excluding hydrogens is 150 g/mol. The molecule has 0 aliphatic carbocycles. The smallest absolute Gasteiger partial charge is 0.0840 e. The van der Waals surface area contributed by atoms with E-state index in [9.17, 15) is 0 Å². The molecule has 1 unspecified atom stereocenters. The molecule has 72 valence electrons. The fourth-order valence-corrected chi connectivity index (χ4v) is 1.80. The van der Waals surface area contributed by atoms with Crippen molar-refractivity contribution in [3.8, 4) is 0 Å². The molecule has 12 heavy (non-hydrogen) atoms. The number of likely N-dealkylation sites (N-methyl/N-ethyl adjacent to an activating group) is 1. The molecule has 0 aromatic heterocycles. The summed E-state index contributed by atoms with van der Waals surface area (Å²) in [6, 6.07) is 0. The summed E-state index contributed by atoms with van der Waals surface area (Å²) in [5, 5.41) is 3.45. The Hall–Kier alpha value is -0.120. The van der Waals surface area contributed by atoms with Crippen LogP contribution in [0.3, 0.4) is 0 Å². The van der Waals surface area contributed by atoms with Crippen LogP contribution in [0.1, 0.15) is 27.7 Å². The monoisotopic (exact) mass is 171 g/mol. The number of hydrogen-bond donors (Lipinski definition) is 2. The van der Waals surface area contributed by atoms with Gasteiger partial charge < -0.3 is 11.1 Å². The van der Waals surface area contributed by atoms with Gasteiger partial charge in [0.05, 0.1) is 5.66 Å². The molecule has 0 aromatic carbocycles. The normalized spacial score (nSPS) is 36.8. The van der Waals surface area contributed by atoms with E-state index in [1.807, 2.05) is 0 Å². The lowest BCUT2D eigenvalue weighted by Crippen LogP contribution is -2.75. The summed E-state index contributed by atoms with van der Waals surface area (Å²) in [6.07, 6.45) is 0. The van der Waals surface area contributed by atoms with Crippen molar-refractivity contribution >= 4 is 0 Å². The summed E-state index contributed by atoms with van der Waals surface area (Å²) < 4.78 is 0. The van der Waals surface area contributed by atoms with Gasteiger partial charge in [-0.25, -0.2) is 0 Å². The Labute approximate surface area is 75.3 Å². The molecule has 0 saturated carbocycles. The van der Waals surface area contributed by atoms with Gasteiger partial charge in [-0.15, -0.1) is 0 Å². The minimum atomic E-state index is -0.236. The molecule has 1 rings (SSSR count). The van der Waals surface area contributed by atoms with Gasteiger partial charge in [0.1, 0.15) is 0 Å². The third-order valence-electron chi connectivity index (χ3n) is 3.25. The van der Waals surface area contributed by atoms with Crippen LogP contribution < -0.4 is 11.1 Å². The largest absolute Gasteiger partial charge is 0.312 e. The minimum Gasteiger partial charge on any atom is -0.312 e. The maximum atomic E-state index is 6.27. The first-order valence-corrected chi connectivity index (χ1v) is 4.71. The van der Waals surface area contributed by atoms with Gasteiger partial charge in [0, 0.05) is 18.6 Å². The van der Waals surface area contributed by atoms with Gasteiger partial charge in [-0.05, 0) is 27.3 Å². The Morgan fingerprint density at radius 3 is 2.42 bits per heavy atom. The summed E-state index contributed by atoms with van der Waals surface area (Å²) in [5.74, 6) is 0. The molecule has 1 atom stereocenters. The Bertz CT molecular complexity index is 163. The van der Waals surface area contributed by atoms with Gasteiger partial charge in [-0.3, -0.25) is 4.90 Å². The van der Waals surface area contributed by atoms with E-state index in [1.54, 1.807) is 0 Å². The van der Waals surface area contributed by atoms with Crippen LogP contribution in [0.4, 0.5) is 0 Å². The molecule has 0 radical (unpaired) electrons. The minimum absolute atomic E-state index is 0.00125. The van der Waals surface area contributed by atoms with Crippen molar-refractivity contribution in [2.45, 2.75) is 38.9 Å². The van der Waals surface area contributed by atoms with Crippen LogP contribution in [0, 0.1) is 0 Å².